The number of anilines is 1. The second-order valence-electron chi connectivity index (χ2n) is 4.28. The van der Waals surface area contributed by atoms with Crippen LogP contribution in [-0.2, 0) is 6.54 Å². The maximum Gasteiger partial charge on any atom is 0.142 e. The van der Waals surface area contributed by atoms with E-state index in [9.17, 15) is 4.39 Å². The van der Waals surface area contributed by atoms with Crippen LogP contribution < -0.4 is 5.32 Å². The summed E-state index contributed by atoms with van der Waals surface area (Å²) in [7, 11) is 0. The van der Waals surface area contributed by atoms with E-state index in [1.54, 1.807) is 12.1 Å². The first-order chi connectivity index (χ1) is 10.1. The van der Waals surface area contributed by atoms with Gasteiger partial charge in [-0.05, 0) is 23.8 Å². The summed E-state index contributed by atoms with van der Waals surface area (Å²) in [6, 6.07) is 6.23. The highest BCUT2D eigenvalue weighted by atomic mass is 35.5. The predicted molar refractivity (Wildman–Crippen MR) is 86.2 cm³/mol. The van der Waals surface area contributed by atoms with Crippen LogP contribution in [0.2, 0.25) is 15.1 Å². The van der Waals surface area contributed by atoms with E-state index in [1.165, 1.54) is 12.1 Å². The highest BCUT2D eigenvalue weighted by Gasteiger charge is 2.14. The van der Waals surface area contributed by atoms with Crippen molar-refractivity contribution in [1.29, 1.82) is 0 Å². The molecular formula is C13H7Cl3FN3S. The molecule has 0 bridgehead atoms. The van der Waals surface area contributed by atoms with Gasteiger partial charge in [0.2, 0.25) is 0 Å². The second-order valence-corrected chi connectivity index (χ2v) is 6.03. The van der Waals surface area contributed by atoms with Crippen molar-refractivity contribution in [2.45, 2.75) is 6.54 Å². The van der Waals surface area contributed by atoms with Crippen LogP contribution in [0.15, 0.2) is 24.3 Å². The summed E-state index contributed by atoms with van der Waals surface area (Å²) in [5.41, 5.74) is 2.56. The first-order valence-electron chi connectivity index (χ1n) is 5.84. The highest BCUT2D eigenvalue weighted by Crippen LogP contribution is 2.35. The minimum Gasteiger partial charge on any atom is -0.378 e. The van der Waals surface area contributed by atoms with Crippen molar-refractivity contribution >= 4 is 63.3 Å². The smallest absolute Gasteiger partial charge is 0.142 e. The van der Waals surface area contributed by atoms with Gasteiger partial charge in [-0.2, -0.15) is 8.75 Å². The average molecular weight is 363 g/mol. The SMILES string of the molecule is Fc1cc(CNc2c(Cl)cc(Cl)c3nsnc23)ccc1Cl. The van der Waals surface area contributed by atoms with Crippen molar-refractivity contribution in [3.63, 3.8) is 0 Å². The normalized spacial score (nSPS) is 11.0. The summed E-state index contributed by atoms with van der Waals surface area (Å²) in [6.45, 7) is 0.377. The minimum atomic E-state index is -0.460. The van der Waals surface area contributed by atoms with Gasteiger partial charge in [-0.1, -0.05) is 40.9 Å². The first-order valence-corrected chi connectivity index (χ1v) is 7.70. The summed E-state index contributed by atoms with van der Waals surface area (Å²) < 4.78 is 21.7. The maximum absolute atomic E-state index is 13.4. The number of rotatable bonds is 3. The molecule has 0 aliphatic rings. The number of nitrogens with zero attached hydrogens (tertiary/aromatic N) is 2. The van der Waals surface area contributed by atoms with Gasteiger partial charge < -0.3 is 5.32 Å². The minimum absolute atomic E-state index is 0.0920. The number of fused-ring (bicyclic) bond motifs is 1. The molecule has 1 heterocycles. The van der Waals surface area contributed by atoms with Gasteiger partial charge in [0, 0.05) is 6.54 Å². The molecule has 0 unspecified atom stereocenters. The van der Waals surface area contributed by atoms with Gasteiger partial charge in [0.25, 0.3) is 0 Å². The van der Waals surface area contributed by atoms with E-state index in [0.29, 0.717) is 33.3 Å². The zero-order valence-corrected chi connectivity index (χ0v) is 13.4. The Morgan fingerprint density at radius 1 is 1.00 bits per heavy atom. The molecule has 2 aromatic carbocycles. The molecule has 0 saturated carbocycles. The summed E-state index contributed by atoms with van der Waals surface area (Å²) >= 11 is 19.0. The molecule has 1 N–H and O–H groups in total. The summed E-state index contributed by atoms with van der Waals surface area (Å²) in [4.78, 5) is 0. The van der Waals surface area contributed by atoms with Crippen LogP contribution in [0.4, 0.5) is 10.1 Å². The van der Waals surface area contributed by atoms with Crippen LogP contribution in [-0.4, -0.2) is 8.75 Å². The summed E-state index contributed by atoms with van der Waals surface area (Å²) in [5, 5.41) is 4.12. The Hall–Kier alpha value is -1.14. The van der Waals surface area contributed by atoms with Crippen LogP contribution in [0.1, 0.15) is 5.56 Å². The molecule has 0 aliphatic carbocycles. The molecule has 3 rings (SSSR count). The Morgan fingerprint density at radius 3 is 2.52 bits per heavy atom. The quantitative estimate of drug-likeness (QED) is 0.677. The van der Waals surface area contributed by atoms with Crippen molar-refractivity contribution in [2.24, 2.45) is 0 Å². The summed E-state index contributed by atoms with van der Waals surface area (Å²) in [5.74, 6) is -0.460. The molecule has 3 nitrogen and oxygen atoms in total. The van der Waals surface area contributed by atoms with E-state index in [4.69, 9.17) is 34.8 Å². The van der Waals surface area contributed by atoms with Gasteiger partial charge in [0.05, 0.1) is 32.5 Å². The predicted octanol–water partition coefficient (Wildman–Crippen LogP) is 5.40. The lowest BCUT2D eigenvalue weighted by Gasteiger charge is -2.10. The monoisotopic (exact) mass is 361 g/mol. The van der Waals surface area contributed by atoms with Crippen molar-refractivity contribution in [3.8, 4) is 0 Å². The van der Waals surface area contributed by atoms with Crippen molar-refractivity contribution in [1.82, 2.24) is 8.75 Å². The number of nitrogens with one attached hydrogen (secondary N) is 1. The van der Waals surface area contributed by atoms with Gasteiger partial charge >= 0.3 is 0 Å². The molecule has 0 fully saturated rings. The number of halogens is 4. The van der Waals surface area contributed by atoms with Gasteiger partial charge in [0.1, 0.15) is 16.9 Å². The van der Waals surface area contributed by atoms with Crippen LogP contribution in [0, 0.1) is 5.82 Å². The Bertz CT molecular complexity index is 822. The average Bonchev–Trinajstić information content (AvgIpc) is 2.92. The number of hydrogen-bond donors (Lipinski definition) is 1. The van der Waals surface area contributed by atoms with Crippen molar-refractivity contribution < 1.29 is 4.39 Å². The fourth-order valence-corrected chi connectivity index (χ4v) is 3.18. The molecule has 0 aliphatic heterocycles. The van der Waals surface area contributed by atoms with Crippen LogP contribution >= 0.6 is 46.5 Å². The van der Waals surface area contributed by atoms with Crippen LogP contribution in [0.5, 0.6) is 0 Å². The molecule has 0 radical (unpaired) electrons. The number of benzene rings is 2. The molecule has 1 aromatic heterocycles. The first kappa shape index (κ1) is 14.8. The Labute approximate surface area is 139 Å². The standard InChI is InChI=1S/C13H7Cl3FN3S/c14-7-2-1-6(3-10(7)17)5-18-11-8(15)4-9(16)12-13(11)20-21-19-12/h1-4,18H,5H2. The molecule has 0 amide bonds. The Morgan fingerprint density at radius 2 is 1.76 bits per heavy atom. The third kappa shape index (κ3) is 2.92. The third-order valence-electron chi connectivity index (χ3n) is 2.90. The lowest BCUT2D eigenvalue weighted by Crippen LogP contribution is -2.01. The van der Waals surface area contributed by atoms with Gasteiger partial charge in [-0.25, -0.2) is 4.39 Å². The fourth-order valence-electron chi connectivity index (χ4n) is 1.88. The van der Waals surface area contributed by atoms with Crippen LogP contribution in [0.25, 0.3) is 11.0 Å². The van der Waals surface area contributed by atoms with Crippen molar-refractivity contribution in [3.05, 3.63) is 50.7 Å². The van der Waals surface area contributed by atoms with E-state index in [1.807, 2.05) is 0 Å². The fraction of sp³-hybridized carbons (Fsp3) is 0.0769. The van der Waals surface area contributed by atoms with E-state index in [2.05, 4.69) is 14.1 Å². The molecular weight excluding hydrogens is 356 g/mol. The molecule has 0 atom stereocenters. The Kier molecular flexibility index (Phi) is 4.17. The van der Waals surface area contributed by atoms with Gasteiger partial charge in [-0.3, -0.25) is 0 Å². The van der Waals surface area contributed by atoms with Crippen molar-refractivity contribution in [2.75, 3.05) is 5.32 Å². The van der Waals surface area contributed by atoms with Gasteiger partial charge in [0.15, 0.2) is 0 Å². The zero-order valence-electron chi connectivity index (χ0n) is 10.3. The largest absolute Gasteiger partial charge is 0.378 e. The van der Waals surface area contributed by atoms with E-state index < -0.39 is 5.82 Å². The van der Waals surface area contributed by atoms with Gasteiger partial charge in [-0.15, -0.1) is 0 Å². The highest BCUT2D eigenvalue weighted by molar-refractivity contribution is 7.00. The molecule has 0 saturated heterocycles. The summed E-state index contributed by atoms with van der Waals surface area (Å²) in [6.07, 6.45) is 0. The third-order valence-corrected chi connectivity index (χ3v) is 4.32. The lowest BCUT2D eigenvalue weighted by molar-refractivity contribution is 0.626. The Balaban J connectivity index is 1.91. The number of hydrogen-bond acceptors (Lipinski definition) is 4. The second kappa shape index (κ2) is 5.93. The maximum atomic E-state index is 13.4. The molecule has 8 heteroatoms. The number of aromatic nitrogens is 2. The molecule has 21 heavy (non-hydrogen) atoms. The molecule has 108 valence electrons. The molecule has 3 aromatic rings. The van der Waals surface area contributed by atoms with Crippen LogP contribution in [0.3, 0.4) is 0 Å². The topological polar surface area (TPSA) is 37.8 Å². The van der Waals surface area contributed by atoms with E-state index in [0.717, 1.165) is 17.3 Å². The van der Waals surface area contributed by atoms with E-state index in [-0.39, 0.29) is 5.02 Å². The zero-order chi connectivity index (χ0) is 15.0. The lowest BCUT2D eigenvalue weighted by atomic mass is 10.2. The van der Waals surface area contributed by atoms with E-state index >= 15 is 0 Å². The molecule has 0 spiro atoms.